The summed E-state index contributed by atoms with van der Waals surface area (Å²) in [6.45, 7) is 5.64. The van der Waals surface area contributed by atoms with Crippen molar-refractivity contribution in [3.8, 4) is 11.1 Å². The van der Waals surface area contributed by atoms with E-state index in [9.17, 15) is 8.78 Å². The van der Waals surface area contributed by atoms with Gasteiger partial charge in [-0.05, 0) is 79.9 Å². The molecule has 1 fully saturated rings. The molecular weight excluding hydrogens is 405 g/mol. The molecular formula is C29H29F3. The van der Waals surface area contributed by atoms with Crippen LogP contribution in [-0.2, 0) is 6.42 Å². The molecule has 3 aromatic rings. The smallest absolute Gasteiger partial charge is 0.170 e. The van der Waals surface area contributed by atoms with Crippen LogP contribution in [0, 0.1) is 29.3 Å². The molecule has 32 heavy (non-hydrogen) atoms. The number of fused-ring (bicyclic) bond motifs is 1. The molecule has 1 saturated carbocycles. The van der Waals surface area contributed by atoms with E-state index in [1.165, 1.54) is 43.4 Å². The quantitative estimate of drug-likeness (QED) is 0.340. The van der Waals surface area contributed by atoms with Gasteiger partial charge in [-0.25, -0.2) is 13.2 Å². The molecule has 0 bridgehead atoms. The minimum Gasteiger partial charge on any atom is -0.206 e. The zero-order chi connectivity index (χ0) is 22.7. The van der Waals surface area contributed by atoms with Gasteiger partial charge in [0, 0.05) is 11.1 Å². The first-order valence-corrected chi connectivity index (χ1v) is 11.5. The van der Waals surface area contributed by atoms with Crippen LogP contribution in [0.25, 0.3) is 28.0 Å². The summed E-state index contributed by atoms with van der Waals surface area (Å²) in [4.78, 5) is 0. The summed E-state index contributed by atoms with van der Waals surface area (Å²) in [7, 11) is 0. The normalized spacial score (nSPS) is 19.0. The van der Waals surface area contributed by atoms with E-state index in [1.807, 2.05) is 24.3 Å². The second kappa shape index (κ2) is 9.77. The topological polar surface area (TPSA) is 0 Å². The van der Waals surface area contributed by atoms with Crippen LogP contribution in [0.2, 0.25) is 0 Å². The molecule has 166 valence electrons. The first-order chi connectivity index (χ1) is 15.5. The fraction of sp³-hybridized carbons (Fsp3) is 0.310. The number of halogens is 3. The second-order valence-electron chi connectivity index (χ2n) is 8.87. The van der Waals surface area contributed by atoms with E-state index in [0.717, 1.165) is 18.8 Å². The van der Waals surface area contributed by atoms with E-state index in [0.29, 0.717) is 16.9 Å². The highest BCUT2D eigenvalue weighted by Gasteiger charge is 2.20. The van der Waals surface area contributed by atoms with Gasteiger partial charge in [0.15, 0.2) is 11.6 Å². The molecule has 0 aliphatic heterocycles. The van der Waals surface area contributed by atoms with E-state index < -0.39 is 17.5 Å². The number of benzene rings is 3. The average molecular weight is 435 g/mol. The highest BCUT2D eigenvalue weighted by molar-refractivity contribution is 5.90. The maximum Gasteiger partial charge on any atom is 0.170 e. The monoisotopic (exact) mass is 434 g/mol. The SMILES string of the molecule is C=CC1CCC(CCc2ccc(-c3ccc4cc(/C=C/C)c(F)c(F)c4c3F)cc2)CC1. The Balaban J connectivity index is 1.53. The summed E-state index contributed by atoms with van der Waals surface area (Å²) < 4.78 is 44.3. The highest BCUT2D eigenvalue weighted by atomic mass is 19.2. The van der Waals surface area contributed by atoms with Crippen LogP contribution in [0.5, 0.6) is 0 Å². The van der Waals surface area contributed by atoms with Crippen molar-refractivity contribution in [2.24, 2.45) is 11.8 Å². The fourth-order valence-electron chi connectivity index (χ4n) is 4.86. The summed E-state index contributed by atoms with van der Waals surface area (Å²) >= 11 is 0. The molecule has 0 unspecified atom stereocenters. The summed E-state index contributed by atoms with van der Waals surface area (Å²) in [6, 6.07) is 12.5. The summed E-state index contributed by atoms with van der Waals surface area (Å²) in [6.07, 6.45) is 12.3. The number of hydrogen-bond acceptors (Lipinski definition) is 0. The Kier molecular flexibility index (Phi) is 6.83. The van der Waals surface area contributed by atoms with Crippen molar-refractivity contribution in [3.63, 3.8) is 0 Å². The molecule has 0 nitrogen and oxygen atoms in total. The van der Waals surface area contributed by atoms with Gasteiger partial charge in [0.05, 0.1) is 5.39 Å². The van der Waals surface area contributed by atoms with E-state index in [-0.39, 0.29) is 16.5 Å². The lowest BCUT2D eigenvalue weighted by atomic mass is 9.79. The molecule has 0 spiro atoms. The van der Waals surface area contributed by atoms with Crippen molar-refractivity contribution in [1.29, 1.82) is 0 Å². The van der Waals surface area contributed by atoms with Crippen molar-refractivity contribution < 1.29 is 13.2 Å². The Morgan fingerprint density at radius 1 is 0.906 bits per heavy atom. The molecule has 4 rings (SSSR count). The molecule has 0 saturated heterocycles. The molecule has 3 aromatic carbocycles. The third-order valence-corrected chi connectivity index (χ3v) is 6.83. The molecule has 1 aliphatic rings. The largest absolute Gasteiger partial charge is 0.206 e. The lowest BCUT2D eigenvalue weighted by Crippen LogP contribution is -2.13. The van der Waals surface area contributed by atoms with E-state index in [2.05, 4.69) is 12.7 Å². The molecule has 0 heterocycles. The van der Waals surface area contributed by atoms with Gasteiger partial charge in [0.1, 0.15) is 5.82 Å². The van der Waals surface area contributed by atoms with Crippen LogP contribution >= 0.6 is 0 Å². The minimum atomic E-state index is -1.14. The Labute approximate surface area is 188 Å². The van der Waals surface area contributed by atoms with Crippen molar-refractivity contribution in [3.05, 3.63) is 89.8 Å². The molecule has 0 aromatic heterocycles. The standard InChI is InChI=1S/C29H29F3/c1-3-5-24-18-23-16-17-25(28(31)26(23)29(32)27(24)30)22-14-12-21(13-15-22)11-10-20-8-6-19(4-2)7-9-20/h3-5,12-20H,2,6-11H2,1H3/b5-3+. The predicted molar refractivity (Wildman–Crippen MR) is 128 cm³/mol. The Morgan fingerprint density at radius 3 is 2.28 bits per heavy atom. The van der Waals surface area contributed by atoms with Gasteiger partial charge in [0.2, 0.25) is 0 Å². The third kappa shape index (κ3) is 4.53. The molecule has 0 amide bonds. The minimum absolute atomic E-state index is 0.118. The Morgan fingerprint density at radius 2 is 1.62 bits per heavy atom. The Bertz CT molecular complexity index is 1130. The Hall–Kier alpha value is -2.81. The van der Waals surface area contributed by atoms with Gasteiger partial charge in [-0.15, -0.1) is 6.58 Å². The van der Waals surface area contributed by atoms with E-state index >= 15 is 4.39 Å². The molecule has 0 N–H and O–H groups in total. The van der Waals surface area contributed by atoms with Gasteiger partial charge in [0.25, 0.3) is 0 Å². The first-order valence-electron chi connectivity index (χ1n) is 11.5. The average Bonchev–Trinajstić information content (AvgIpc) is 2.82. The molecule has 0 atom stereocenters. The predicted octanol–water partition coefficient (Wildman–Crippen LogP) is 8.88. The van der Waals surface area contributed by atoms with E-state index in [4.69, 9.17) is 0 Å². The number of rotatable bonds is 6. The number of allylic oxidation sites excluding steroid dienone is 2. The highest BCUT2D eigenvalue weighted by Crippen LogP contribution is 2.34. The second-order valence-corrected chi connectivity index (χ2v) is 8.87. The van der Waals surface area contributed by atoms with Crippen LogP contribution in [0.4, 0.5) is 13.2 Å². The maximum absolute atomic E-state index is 15.2. The van der Waals surface area contributed by atoms with Crippen LogP contribution in [0.15, 0.2) is 61.2 Å². The number of aryl methyl sites for hydroxylation is 1. The van der Waals surface area contributed by atoms with Crippen molar-refractivity contribution in [2.45, 2.75) is 45.4 Å². The summed E-state index contributed by atoms with van der Waals surface area (Å²) in [5, 5.41) is 0.0495. The molecule has 3 heteroatoms. The first kappa shape index (κ1) is 22.4. The fourth-order valence-corrected chi connectivity index (χ4v) is 4.86. The zero-order valence-corrected chi connectivity index (χ0v) is 18.5. The molecule has 0 radical (unpaired) electrons. The van der Waals surface area contributed by atoms with Crippen LogP contribution < -0.4 is 0 Å². The van der Waals surface area contributed by atoms with E-state index in [1.54, 1.807) is 25.1 Å². The van der Waals surface area contributed by atoms with Crippen LogP contribution in [0.1, 0.15) is 50.2 Å². The van der Waals surface area contributed by atoms with Crippen LogP contribution in [0.3, 0.4) is 0 Å². The van der Waals surface area contributed by atoms with Crippen molar-refractivity contribution >= 4 is 16.8 Å². The number of hydrogen-bond donors (Lipinski definition) is 0. The third-order valence-electron chi connectivity index (χ3n) is 6.83. The lowest BCUT2D eigenvalue weighted by molar-refractivity contribution is 0.296. The van der Waals surface area contributed by atoms with Crippen LogP contribution in [-0.4, -0.2) is 0 Å². The van der Waals surface area contributed by atoms with Crippen molar-refractivity contribution in [1.82, 2.24) is 0 Å². The zero-order valence-electron chi connectivity index (χ0n) is 18.5. The van der Waals surface area contributed by atoms with Crippen molar-refractivity contribution in [2.75, 3.05) is 0 Å². The van der Waals surface area contributed by atoms with Gasteiger partial charge in [-0.1, -0.05) is 54.6 Å². The summed E-state index contributed by atoms with van der Waals surface area (Å²) in [5.41, 5.74) is 2.28. The maximum atomic E-state index is 15.2. The lowest BCUT2D eigenvalue weighted by Gasteiger charge is -2.26. The summed E-state index contributed by atoms with van der Waals surface area (Å²) in [5.74, 6) is -1.45. The van der Waals surface area contributed by atoms with Gasteiger partial charge >= 0.3 is 0 Å². The van der Waals surface area contributed by atoms with Gasteiger partial charge < -0.3 is 0 Å². The van der Waals surface area contributed by atoms with Gasteiger partial charge in [-0.3, -0.25) is 0 Å². The van der Waals surface area contributed by atoms with Gasteiger partial charge in [-0.2, -0.15) is 0 Å². The molecule has 1 aliphatic carbocycles.